The number of carbonyl (C=O) groups is 2. The Morgan fingerprint density at radius 1 is 1.15 bits per heavy atom. The summed E-state index contributed by atoms with van der Waals surface area (Å²) in [4.78, 5) is 25.0. The first-order valence-electron chi connectivity index (χ1n) is 6.41. The van der Waals surface area contributed by atoms with Crippen LogP contribution in [-0.2, 0) is 4.79 Å². The van der Waals surface area contributed by atoms with Gasteiger partial charge >= 0.3 is 0 Å². The number of carbonyl (C=O) groups excluding carboxylic acids is 2. The lowest BCUT2D eigenvalue weighted by Gasteiger charge is -2.31. The van der Waals surface area contributed by atoms with Crippen LogP contribution in [0.5, 0.6) is 0 Å². The van der Waals surface area contributed by atoms with Crippen molar-refractivity contribution >= 4 is 29.3 Å². The Labute approximate surface area is 117 Å². The largest absolute Gasteiger partial charge is 0.330 e. The Bertz CT molecular complexity index is 695. The highest BCUT2D eigenvalue weighted by Gasteiger charge is 2.24. The van der Waals surface area contributed by atoms with Crippen molar-refractivity contribution in [3.05, 3.63) is 53.6 Å². The van der Waals surface area contributed by atoms with E-state index in [2.05, 4.69) is 5.32 Å². The number of benzene rings is 2. The topological polar surface area (TPSA) is 49.4 Å². The summed E-state index contributed by atoms with van der Waals surface area (Å²) >= 11 is 0. The van der Waals surface area contributed by atoms with Gasteiger partial charge in [0.1, 0.15) is 6.54 Å². The summed E-state index contributed by atoms with van der Waals surface area (Å²) in [6, 6.07) is 13.2. The summed E-state index contributed by atoms with van der Waals surface area (Å²) in [5.41, 5.74) is 4.04. The van der Waals surface area contributed by atoms with Gasteiger partial charge in [0, 0.05) is 5.56 Å². The van der Waals surface area contributed by atoms with Crippen molar-refractivity contribution < 1.29 is 9.59 Å². The van der Waals surface area contributed by atoms with Crippen LogP contribution in [0.1, 0.15) is 15.9 Å². The Morgan fingerprint density at radius 3 is 2.75 bits per heavy atom. The van der Waals surface area contributed by atoms with Crippen molar-refractivity contribution in [1.29, 1.82) is 0 Å². The average Bonchev–Trinajstić information content (AvgIpc) is 2.46. The summed E-state index contributed by atoms with van der Waals surface area (Å²) in [6.07, 6.45) is 0.831. The molecule has 20 heavy (non-hydrogen) atoms. The molecule has 0 unspecified atom stereocenters. The highest BCUT2D eigenvalue weighted by molar-refractivity contribution is 6.04. The van der Waals surface area contributed by atoms with Gasteiger partial charge in [-0.1, -0.05) is 23.8 Å². The standard InChI is InChI=1S/C16H14N2O2/c1-11-6-7-14(12(8-11)10-19)18-9-16(20)17-13-4-2-3-5-15(13)18/h2-8,10H,9H2,1H3,(H,17,20). The number of nitrogens with one attached hydrogen (secondary N) is 1. The van der Waals surface area contributed by atoms with Crippen LogP contribution < -0.4 is 10.2 Å². The molecule has 2 aromatic carbocycles. The highest BCUT2D eigenvalue weighted by Crippen LogP contribution is 2.36. The lowest BCUT2D eigenvalue weighted by molar-refractivity contribution is -0.115. The van der Waals surface area contributed by atoms with Crippen molar-refractivity contribution in [1.82, 2.24) is 0 Å². The van der Waals surface area contributed by atoms with Gasteiger partial charge in [-0.25, -0.2) is 0 Å². The number of aldehydes is 1. The van der Waals surface area contributed by atoms with Gasteiger partial charge in [-0.15, -0.1) is 0 Å². The molecule has 0 aliphatic carbocycles. The predicted molar refractivity (Wildman–Crippen MR) is 78.6 cm³/mol. The van der Waals surface area contributed by atoms with Gasteiger partial charge in [-0.05, 0) is 31.2 Å². The zero-order valence-corrected chi connectivity index (χ0v) is 11.1. The van der Waals surface area contributed by atoms with Gasteiger partial charge in [0.25, 0.3) is 0 Å². The fourth-order valence-electron chi connectivity index (χ4n) is 2.46. The lowest BCUT2D eigenvalue weighted by Crippen LogP contribution is -2.35. The second-order valence-corrected chi connectivity index (χ2v) is 4.83. The zero-order valence-electron chi connectivity index (χ0n) is 11.1. The molecule has 1 aliphatic heterocycles. The number of aryl methyl sites for hydroxylation is 1. The van der Waals surface area contributed by atoms with Crippen molar-refractivity contribution in [2.24, 2.45) is 0 Å². The van der Waals surface area contributed by atoms with E-state index in [-0.39, 0.29) is 12.5 Å². The molecule has 0 fully saturated rings. The molecule has 1 heterocycles. The van der Waals surface area contributed by atoms with E-state index < -0.39 is 0 Å². The van der Waals surface area contributed by atoms with Crippen LogP contribution in [0.15, 0.2) is 42.5 Å². The second kappa shape index (κ2) is 4.81. The fourth-order valence-corrected chi connectivity index (χ4v) is 2.46. The minimum atomic E-state index is -0.0823. The highest BCUT2D eigenvalue weighted by atomic mass is 16.2. The molecule has 0 spiro atoms. The SMILES string of the molecule is Cc1ccc(N2CC(=O)Nc3ccccc32)c(C=O)c1. The third-order valence-corrected chi connectivity index (χ3v) is 3.37. The Morgan fingerprint density at radius 2 is 1.95 bits per heavy atom. The number of amides is 1. The molecule has 0 bridgehead atoms. The van der Waals surface area contributed by atoms with Crippen molar-refractivity contribution in [3.8, 4) is 0 Å². The molecular weight excluding hydrogens is 252 g/mol. The summed E-state index contributed by atoms with van der Waals surface area (Å²) in [5, 5.41) is 2.84. The fraction of sp³-hybridized carbons (Fsp3) is 0.125. The molecule has 0 aromatic heterocycles. The van der Waals surface area contributed by atoms with Crippen LogP contribution in [-0.4, -0.2) is 18.7 Å². The molecule has 2 aromatic rings. The molecule has 4 nitrogen and oxygen atoms in total. The molecule has 100 valence electrons. The normalized spacial score (nSPS) is 13.7. The maximum atomic E-state index is 11.8. The van der Waals surface area contributed by atoms with Crippen LogP contribution in [0.4, 0.5) is 17.1 Å². The Balaban J connectivity index is 2.15. The molecule has 1 amide bonds. The van der Waals surface area contributed by atoms with Crippen molar-refractivity contribution in [3.63, 3.8) is 0 Å². The Hall–Kier alpha value is -2.62. The summed E-state index contributed by atoms with van der Waals surface area (Å²) in [6.45, 7) is 2.15. The van der Waals surface area contributed by atoms with E-state index in [1.165, 1.54) is 0 Å². The number of para-hydroxylation sites is 2. The van der Waals surface area contributed by atoms with Gasteiger partial charge in [-0.2, -0.15) is 0 Å². The number of fused-ring (bicyclic) bond motifs is 1. The molecule has 4 heteroatoms. The van der Waals surface area contributed by atoms with Crippen molar-refractivity contribution in [2.75, 3.05) is 16.8 Å². The molecule has 0 radical (unpaired) electrons. The maximum Gasteiger partial charge on any atom is 0.244 e. The van der Waals surface area contributed by atoms with E-state index in [0.29, 0.717) is 5.56 Å². The van der Waals surface area contributed by atoms with Gasteiger partial charge in [0.15, 0.2) is 6.29 Å². The van der Waals surface area contributed by atoms with Gasteiger partial charge in [-0.3, -0.25) is 9.59 Å². The number of hydrogen-bond acceptors (Lipinski definition) is 3. The monoisotopic (exact) mass is 266 g/mol. The van der Waals surface area contributed by atoms with Gasteiger partial charge in [0.05, 0.1) is 17.1 Å². The van der Waals surface area contributed by atoms with E-state index in [1.807, 2.05) is 54.3 Å². The molecular formula is C16H14N2O2. The molecule has 1 aliphatic rings. The molecule has 1 N–H and O–H groups in total. The van der Waals surface area contributed by atoms with E-state index in [0.717, 1.165) is 28.9 Å². The summed E-state index contributed by atoms with van der Waals surface area (Å²) in [5.74, 6) is -0.0823. The number of anilines is 3. The molecule has 0 atom stereocenters. The maximum absolute atomic E-state index is 11.8. The van der Waals surface area contributed by atoms with Crippen LogP contribution >= 0.6 is 0 Å². The van der Waals surface area contributed by atoms with E-state index >= 15 is 0 Å². The van der Waals surface area contributed by atoms with Crippen LogP contribution in [0.2, 0.25) is 0 Å². The van der Waals surface area contributed by atoms with E-state index in [1.54, 1.807) is 0 Å². The summed E-state index contributed by atoms with van der Waals surface area (Å²) < 4.78 is 0. The number of rotatable bonds is 2. The minimum absolute atomic E-state index is 0.0823. The molecule has 0 saturated carbocycles. The summed E-state index contributed by atoms with van der Waals surface area (Å²) in [7, 11) is 0. The first-order valence-corrected chi connectivity index (χ1v) is 6.41. The van der Waals surface area contributed by atoms with Gasteiger partial charge in [0.2, 0.25) is 5.91 Å². The lowest BCUT2D eigenvalue weighted by atomic mass is 10.1. The van der Waals surface area contributed by atoms with Crippen LogP contribution in [0.3, 0.4) is 0 Å². The van der Waals surface area contributed by atoms with Gasteiger partial charge < -0.3 is 10.2 Å². The van der Waals surface area contributed by atoms with Crippen molar-refractivity contribution in [2.45, 2.75) is 6.92 Å². The van der Waals surface area contributed by atoms with E-state index in [9.17, 15) is 9.59 Å². The van der Waals surface area contributed by atoms with E-state index in [4.69, 9.17) is 0 Å². The zero-order chi connectivity index (χ0) is 14.1. The smallest absolute Gasteiger partial charge is 0.244 e. The molecule has 0 saturated heterocycles. The quantitative estimate of drug-likeness (QED) is 0.850. The molecule has 3 rings (SSSR count). The first-order chi connectivity index (χ1) is 9.69. The third-order valence-electron chi connectivity index (χ3n) is 3.37. The van der Waals surface area contributed by atoms with Crippen LogP contribution in [0.25, 0.3) is 0 Å². The number of hydrogen-bond donors (Lipinski definition) is 1. The second-order valence-electron chi connectivity index (χ2n) is 4.83. The number of nitrogens with zero attached hydrogens (tertiary/aromatic N) is 1. The third kappa shape index (κ3) is 2.05. The predicted octanol–water partition coefficient (Wildman–Crippen LogP) is 2.90. The minimum Gasteiger partial charge on any atom is -0.330 e. The van der Waals surface area contributed by atoms with Crippen LogP contribution in [0, 0.1) is 6.92 Å². The Kier molecular flexibility index (Phi) is 2.99. The first kappa shape index (κ1) is 12.4. The average molecular weight is 266 g/mol.